The first kappa shape index (κ1) is 25.8. The van der Waals surface area contributed by atoms with Crippen molar-refractivity contribution in [3.63, 3.8) is 0 Å². The molecule has 1 atom stereocenters. The molecule has 5 N–H and O–H groups in total. The van der Waals surface area contributed by atoms with E-state index in [0.29, 0.717) is 10.9 Å². The van der Waals surface area contributed by atoms with E-state index in [9.17, 15) is 39.3 Å². The molecule has 1 aromatic carbocycles. The minimum Gasteiger partial charge on any atom is -0.510 e. The molecule has 0 radical (unpaired) electrons. The zero-order valence-electron chi connectivity index (χ0n) is 22.0. The maximum absolute atomic E-state index is 13.6. The highest BCUT2D eigenvalue weighted by molar-refractivity contribution is 5.96. The predicted molar refractivity (Wildman–Crippen MR) is 150 cm³/mol. The Hall–Kier alpha value is -6.12. The van der Waals surface area contributed by atoms with Crippen molar-refractivity contribution in [3.8, 4) is 11.5 Å². The Labute approximate surface area is 235 Å². The number of ether oxygens (including phenoxy) is 1. The van der Waals surface area contributed by atoms with E-state index in [-0.39, 0.29) is 29.5 Å². The number of fused-ring (bicyclic) bond motifs is 4. The molecule has 43 heavy (non-hydrogen) atoms. The van der Waals surface area contributed by atoms with Crippen LogP contribution in [-0.4, -0.2) is 48.5 Å². The summed E-state index contributed by atoms with van der Waals surface area (Å²) in [5.41, 5.74) is -3.70. The second-order valence-corrected chi connectivity index (χ2v) is 10.2. The van der Waals surface area contributed by atoms with E-state index in [1.54, 1.807) is 12.1 Å². The van der Waals surface area contributed by atoms with Gasteiger partial charge in [-0.25, -0.2) is 10.2 Å². The van der Waals surface area contributed by atoms with Gasteiger partial charge in [0, 0.05) is 11.6 Å². The van der Waals surface area contributed by atoms with E-state index in [0.717, 1.165) is 13.2 Å². The molecular weight excluding hydrogens is 564 g/mol. The van der Waals surface area contributed by atoms with E-state index < -0.39 is 76.6 Å². The number of hydrazone groups is 1. The molecule has 15 heteroatoms. The highest BCUT2D eigenvalue weighted by Gasteiger charge is 2.53. The molecule has 0 fully saturated rings. The lowest BCUT2D eigenvalue weighted by atomic mass is 9.78. The zero-order chi connectivity index (χ0) is 30.4. The van der Waals surface area contributed by atoms with Gasteiger partial charge < -0.3 is 25.0 Å². The average molecular weight is 582 g/mol. The number of nitrogens with zero attached hydrogens (tertiary/aromatic N) is 4. The maximum atomic E-state index is 13.6. The Morgan fingerprint density at radius 1 is 0.953 bits per heavy atom. The van der Waals surface area contributed by atoms with E-state index in [1.165, 1.54) is 23.5 Å². The monoisotopic (exact) mass is 582 g/mol. The van der Waals surface area contributed by atoms with E-state index in [2.05, 4.69) is 25.8 Å². The van der Waals surface area contributed by atoms with Gasteiger partial charge >= 0.3 is 0 Å². The minimum absolute atomic E-state index is 0.0717. The number of aromatic amines is 1. The first-order valence-corrected chi connectivity index (χ1v) is 12.7. The molecule has 0 bridgehead atoms. The van der Waals surface area contributed by atoms with Gasteiger partial charge in [-0.1, -0.05) is 6.07 Å². The number of aliphatic hydroxyl groups excluding tert-OH is 2. The Balaban J connectivity index is 1.49. The maximum Gasteiger partial charge on any atom is 0.260 e. The van der Waals surface area contributed by atoms with E-state index >= 15 is 0 Å². The van der Waals surface area contributed by atoms with Crippen LogP contribution in [-0.2, 0) is 11.8 Å². The van der Waals surface area contributed by atoms with Crippen LogP contribution in [0, 0.1) is 10.4 Å². The SMILES string of the molecule is COc1cc(=O)c2c(=O)c3c(c(=O)c=2c1=O)=C(O)C1(CCc2cc4cc(C=NNn5cnnc5)[nH]c(=O)c4c(O)c21)C=3O. The number of aliphatic hydroxyl groups is 2. The fourth-order valence-electron chi connectivity index (χ4n) is 6.25. The lowest BCUT2D eigenvalue weighted by Gasteiger charge is -2.27. The van der Waals surface area contributed by atoms with Gasteiger partial charge in [-0.2, -0.15) is 5.10 Å². The molecule has 1 unspecified atom stereocenters. The number of H-pyrrole nitrogens is 1. The number of hydrogen-bond donors (Lipinski definition) is 5. The normalized spacial score (nSPS) is 17.4. The summed E-state index contributed by atoms with van der Waals surface area (Å²) in [6, 6.07) is 3.92. The van der Waals surface area contributed by atoms with Crippen molar-refractivity contribution in [2.24, 2.45) is 5.10 Å². The van der Waals surface area contributed by atoms with Gasteiger partial charge in [-0.05, 0) is 29.9 Å². The van der Waals surface area contributed by atoms with Crippen molar-refractivity contribution in [1.82, 2.24) is 19.9 Å². The Morgan fingerprint density at radius 3 is 2.30 bits per heavy atom. The summed E-state index contributed by atoms with van der Waals surface area (Å²) in [5, 5.41) is 43.1. The molecule has 3 aromatic rings. The van der Waals surface area contributed by atoms with Crippen LogP contribution < -0.4 is 48.0 Å². The first-order chi connectivity index (χ1) is 20.6. The highest BCUT2D eigenvalue weighted by atomic mass is 16.5. The van der Waals surface area contributed by atoms with Gasteiger partial charge in [0.25, 0.3) is 5.56 Å². The van der Waals surface area contributed by atoms with Crippen molar-refractivity contribution in [1.29, 1.82) is 0 Å². The highest BCUT2D eigenvalue weighted by Crippen LogP contribution is 2.54. The van der Waals surface area contributed by atoms with Crippen LogP contribution in [0.15, 0.2) is 59.9 Å². The Morgan fingerprint density at radius 2 is 1.63 bits per heavy atom. The van der Waals surface area contributed by atoms with Crippen LogP contribution in [0.3, 0.4) is 0 Å². The quantitative estimate of drug-likeness (QED) is 0.111. The largest absolute Gasteiger partial charge is 0.510 e. The lowest BCUT2D eigenvalue weighted by Crippen LogP contribution is -2.51. The summed E-state index contributed by atoms with van der Waals surface area (Å²) < 4.78 is 6.25. The van der Waals surface area contributed by atoms with Crippen LogP contribution in [0.5, 0.6) is 11.5 Å². The predicted octanol–water partition coefficient (Wildman–Crippen LogP) is -2.32. The van der Waals surface area contributed by atoms with Crippen LogP contribution >= 0.6 is 0 Å². The molecule has 15 nitrogen and oxygen atoms in total. The fourth-order valence-corrected chi connectivity index (χ4v) is 6.25. The number of aromatic nitrogens is 4. The zero-order valence-corrected chi connectivity index (χ0v) is 22.0. The molecule has 7 rings (SSSR count). The van der Waals surface area contributed by atoms with Crippen molar-refractivity contribution >= 4 is 28.5 Å². The molecule has 2 aromatic heterocycles. The Bertz CT molecular complexity index is 2570. The second kappa shape index (κ2) is 8.69. The summed E-state index contributed by atoms with van der Waals surface area (Å²) >= 11 is 0. The number of aryl methyl sites for hydroxylation is 1. The van der Waals surface area contributed by atoms with Gasteiger partial charge in [0.1, 0.15) is 35.3 Å². The number of rotatable bonds is 4. The Kier molecular flexibility index (Phi) is 5.22. The molecule has 4 aliphatic carbocycles. The molecule has 0 aliphatic heterocycles. The molecular formula is C28H18N6O9. The molecule has 214 valence electrons. The number of pyridine rings is 1. The summed E-state index contributed by atoms with van der Waals surface area (Å²) in [6.45, 7) is 0. The number of hydrogen-bond acceptors (Lipinski definition) is 13. The number of methoxy groups -OCH3 is 1. The molecule has 2 heterocycles. The molecule has 0 amide bonds. The third-order valence-corrected chi connectivity index (χ3v) is 8.07. The van der Waals surface area contributed by atoms with Crippen LogP contribution in [0.1, 0.15) is 23.2 Å². The number of aromatic hydroxyl groups is 1. The van der Waals surface area contributed by atoms with Crippen LogP contribution in [0.4, 0.5) is 0 Å². The number of benzene rings is 1. The third-order valence-electron chi connectivity index (χ3n) is 8.07. The summed E-state index contributed by atoms with van der Waals surface area (Å²) in [7, 11) is 1.12. The van der Waals surface area contributed by atoms with Gasteiger partial charge in [-0.3, -0.25) is 24.0 Å². The van der Waals surface area contributed by atoms with Gasteiger partial charge in [0.15, 0.2) is 11.2 Å². The number of phenols is 1. The van der Waals surface area contributed by atoms with Gasteiger partial charge in [-0.15, -0.1) is 10.2 Å². The average Bonchev–Trinajstić information content (AvgIpc) is 3.68. The molecule has 4 aliphatic rings. The number of phenolic OH excluding ortho intramolecular Hbond substituents is 1. The second-order valence-electron chi connectivity index (χ2n) is 10.2. The molecule has 0 saturated carbocycles. The van der Waals surface area contributed by atoms with Gasteiger partial charge in [0.05, 0.1) is 45.3 Å². The molecule has 0 saturated heterocycles. The lowest BCUT2D eigenvalue weighted by molar-refractivity contribution is 0.362. The van der Waals surface area contributed by atoms with Crippen LogP contribution in [0.25, 0.3) is 22.3 Å². The summed E-state index contributed by atoms with van der Waals surface area (Å²) in [6.07, 6.45) is 4.10. The summed E-state index contributed by atoms with van der Waals surface area (Å²) in [4.78, 5) is 68.5. The van der Waals surface area contributed by atoms with E-state index in [1.807, 2.05) is 0 Å². The third kappa shape index (κ3) is 3.23. The summed E-state index contributed by atoms with van der Waals surface area (Å²) in [5.74, 6) is -2.57. The topological polar surface area (TPSA) is 226 Å². The molecule has 1 spiro atoms. The fraction of sp³-hybridized carbons (Fsp3) is 0.143. The van der Waals surface area contributed by atoms with Crippen molar-refractivity contribution in [3.05, 3.63) is 120 Å². The van der Waals surface area contributed by atoms with Crippen LogP contribution in [0.2, 0.25) is 0 Å². The number of nitrogens with one attached hydrogen (secondary N) is 2. The van der Waals surface area contributed by atoms with E-state index in [4.69, 9.17) is 4.74 Å². The smallest absolute Gasteiger partial charge is 0.260 e. The first-order valence-electron chi connectivity index (χ1n) is 12.7. The minimum atomic E-state index is -1.98. The standard InChI is InChI=1S/C28H18N6O9/c1-43-14-6-13(35)16-17(21(14)36)23(38)19-18(22(16)37)25(40)28(26(19)41)3-2-10-4-11-5-12(7-29-33-34-8-30-31-9-34)32-27(42)15(11)24(39)20(10)28/h4-9,33,39-41H,2-3H2,1H3,(H,32,42). The van der Waals surface area contributed by atoms with Crippen molar-refractivity contribution in [2.75, 3.05) is 12.6 Å². The van der Waals surface area contributed by atoms with Crippen molar-refractivity contribution in [2.45, 2.75) is 18.3 Å². The van der Waals surface area contributed by atoms with Crippen molar-refractivity contribution < 1.29 is 20.1 Å². The van der Waals surface area contributed by atoms with Gasteiger partial charge in [0.2, 0.25) is 16.3 Å².